The van der Waals surface area contributed by atoms with E-state index in [1.807, 2.05) is 6.08 Å². The Morgan fingerprint density at radius 1 is 1.59 bits per heavy atom. The molecule has 1 aliphatic rings. The fourth-order valence-corrected chi connectivity index (χ4v) is 1.21. The van der Waals surface area contributed by atoms with E-state index in [-0.39, 0.29) is 0 Å². The third-order valence-electron chi connectivity index (χ3n) is 1.88. The number of hydrogen-bond acceptors (Lipinski definition) is 2. The highest BCUT2D eigenvalue weighted by atomic mass is 79.9. The summed E-state index contributed by atoms with van der Waals surface area (Å²) >= 11 is 3.41. The SMILES string of the molecule is CC(Br)/C=C/OCC1=CCCC=C1.CNC=O. The third kappa shape index (κ3) is 11.2. The molecule has 3 nitrogen and oxygen atoms in total. The van der Waals surface area contributed by atoms with Gasteiger partial charge in [0.15, 0.2) is 0 Å². The van der Waals surface area contributed by atoms with E-state index in [2.05, 4.69) is 46.4 Å². The van der Waals surface area contributed by atoms with Crippen molar-refractivity contribution in [3.63, 3.8) is 0 Å². The quantitative estimate of drug-likeness (QED) is 0.482. The van der Waals surface area contributed by atoms with Gasteiger partial charge in [-0.2, -0.15) is 0 Å². The van der Waals surface area contributed by atoms with Crippen molar-refractivity contribution in [3.8, 4) is 0 Å². The van der Waals surface area contributed by atoms with Crippen LogP contribution in [0.2, 0.25) is 0 Å². The highest BCUT2D eigenvalue weighted by Gasteiger charge is 1.95. The number of carbonyl (C=O) groups is 1. The molecule has 0 saturated heterocycles. The lowest BCUT2D eigenvalue weighted by atomic mass is 10.1. The van der Waals surface area contributed by atoms with Gasteiger partial charge in [-0.15, -0.1) is 0 Å². The topological polar surface area (TPSA) is 38.3 Å². The van der Waals surface area contributed by atoms with Crippen LogP contribution in [0.5, 0.6) is 0 Å². The molecule has 0 radical (unpaired) electrons. The standard InChI is InChI=1S/C11H15BrO.C2H5NO/c1-10(12)7-8-13-9-11-5-3-2-4-6-11;1-3-2-4/h3,5-8,10H,2,4,9H2,1H3;2H,1H3,(H,3,4)/b8-7+;. The predicted molar refractivity (Wildman–Crippen MR) is 75.1 cm³/mol. The molecule has 0 aromatic rings. The molecule has 0 spiro atoms. The number of nitrogens with one attached hydrogen (secondary N) is 1. The molecule has 1 N–H and O–H groups in total. The minimum absolute atomic E-state index is 0.378. The molecule has 0 aromatic heterocycles. The predicted octanol–water partition coefficient (Wildman–Crippen LogP) is 2.94. The summed E-state index contributed by atoms with van der Waals surface area (Å²) in [5.74, 6) is 0. The second-order valence-corrected chi connectivity index (χ2v) is 4.93. The fraction of sp³-hybridized carbons (Fsp3) is 0.462. The van der Waals surface area contributed by atoms with E-state index in [0.29, 0.717) is 17.8 Å². The average Bonchev–Trinajstić information content (AvgIpc) is 2.36. The van der Waals surface area contributed by atoms with Gasteiger partial charge in [-0.3, -0.25) is 4.79 Å². The Bertz CT molecular complexity index is 283. The molecule has 96 valence electrons. The summed E-state index contributed by atoms with van der Waals surface area (Å²) in [4.78, 5) is 9.44. The van der Waals surface area contributed by atoms with E-state index in [0.717, 1.165) is 12.8 Å². The van der Waals surface area contributed by atoms with Crippen molar-refractivity contribution in [1.82, 2.24) is 5.32 Å². The summed E-state index contributed by atoms with van der Waals surface area (Å²) in [6, 6.07) is 0. The molecule has 1 amide bonds. The first-order chi connectivity index (χ1) is 8.20. The van der Waals surface area contributed by atoms with Gasteiger partial charge in [0.05, 0.1) is 6.26 Å². The molecule has 1 unspecified atom stereocenters. The highest BCUT2D eigenvalue weighted by Crippen LogP contribution is 2.09. The zero-order valence-electron chi connectivity index (χ0n) is 10.4. The molecule has 1 rings (SSSR count). The summed E-state index contributed by atoms with van der Waals surface area (Å²) in [6.07, 6.45) is 13.2. The Kier molecular flexibility index (Phi) is 10.8. The van der Waals surface area contributed by atoms with Crippen LogP contribution in [0, 0.1) is 0 Å². The van der Waals surface area contributed by atoms with Gasteiger partial charge in [-0.05, 0) is 31.4 Å². The first kappa shape index (κ1) is 16.0. The van der Waals surface area contributed by atoms with E-state index in [1.54, 1.807) is 13.3 Å². The van der Waals surface area contributed by atoms with Crippen LogP contribution in [0.4, 0.5) is 0 Å². The second kappa shape index (κ2) is 11.5. The molecule has 0 fully saturated rings. The van der Waals surface area contributed by atoms with Gasteiger partial charge >= 0.3 is 0 Å². The third-order valence-corrected chi connectivity index (χ3v) is 2.18. The summed E-state index contributed by atoms with van der Waals surface area (Å²) in [5, 5.41) is 2.25. The molecule has 4 heteroatoms. The molecule has 1 atom stereocenters. The van der Waals surface area contributed by atoms with Gasteiger partial charge < -0.3 is 10.1 Å². The first-order valence-corrected chi connectivity index (χ1v) is 6.51. The number of allylic oxidation sites excluding steroid dienone is 3. The van der Waals surface area contributed by atoms with Gasteiger partial charge in [-0.25, -0.2) is 0 Å². The molecule has 0 aliphatic heterocycles. The lowest BCUT2D eigenvalue weighted by molar-refractivity contribution is -0.109. The maximum atomic E-state index is 9.06. The number of ether oxygens (including phenoxy) is 1. The lowest BCUT2D eigenvalue weighted by Gasteiger charge is -2.06. The minimum atomic E-state index is 0.378. The van der Waals surface area contributed by atoms with Crippen LogP contribution in [-0.2, 0) is 9.53 Å². The van der Waals surface area contributed by atoms with Gasteiger partial charge in [0, 0.05) is 11.9 Å². The Morgan fingerprint density at radius 3 is 2.76 bits per heavy atom. The fourth-order valence-electron chi connectivity index (χ4n) is 1.08. The van der Waals surface area contributed by atoms with Crippen LogP contribution < -0.4 is 5.32 Å². The zero-order valence-corrected chi connectivity index (χ0v) is 11.9. The molecule has 0 aromatic carbocycles. The number of halogens is 1. The van der Waals surface area contributed by atoms with Gasteiger partial charge in [0.2, 0.25) is 6.41 Å². The smallest absolute Gasteiger partial charge is 0.206 e. The number of rotatable bonds is 5. The number of carbonyl (C=O) groups excluding carboxylic acids is 1. The average molecular weight is 302 g/mol. The van der Waals surface area contributed by atoms with Crippen LogP contribution in [0.3, 0.4) is 0 Å². The van der Waals surface area contributed by atoms with E-state index in [4.69, 9.17) is 9.53 Å². The number of amides is 1. The zero-order chi connectivity index (χ0) is 12.9. The Labute approximate surface area is 112 Å². The van der Waals surface area contributed by atoms with Crippen molar-refractivity contribution in [2.24, 2.45) is 0 Å². The Hall–Kier alpha value is -1.03. The van der Waals surface area contributed by atoms with Gasteiger partial charge in [0.25, 0.3) is 0 Å². The van der Waals surface area contributed by atoms with E-state index < -0.39 is 0 Å². The van der Waals surface area contributed by atoms with Crippen LogP contribution in [0.25, 0.3) is 0 Å². The van der Waals surface area contributed by atoms with Crippen molar-refractivity contribution in [2.45, 2.75) is 24.6 Å². The van der Waals surface area contributed by atoms with Crippen LogP contribution in [0.15, 0.2) is 36.1 Å². The molecular weight excluding hydrogens is 282 g/mol. The van der Waals surface area contributed by atoms with Crippen LogP contribution in [-0.4, -0.2) is 24.9 Å². The maximum Gasteiger partial charge on any atom is 0.206 e. The van der Waals surface area contributed by atoms with E-state index >= 15 is 0 Å². The van der Waals surface area contributed by atoms with Gasteiger partial charge in [-0.1, -0.05) is 34.2 Å². The minimum Gasteiger partial charge on any atom is -0.497 e. The lowest BCUT2D eigenvalue weighted by Crippen LogP contribution is -1.98. The van der Waals surface area contributed by atoms with Crippen molar-refractivity contribution >= 4 is 22.3 Å². The molecule has 1 aliphatic carbocycles. The summed E-state index contributed by atoms with van der Waals surface area (Å²) in [5.41, 5.74) is 1.28. The van der Waals surface area contributed by atoms with Crippen molar-refractivity contribution < 1.29 is 9.53 Å². The summed E-state index contributed by atoms with van der Waals surface area (Å²) in [6.45, 7) is 2.74. The molecule has 0 saturated carbocycles. The summed E-state index contributed by atoms with van der Waals surface area (Å²) < 4.78 is 5.35. The molecule has 0 heterocycles. The summed E-state index contributed by atoms with van der Waals surface area (Å²) in [7, 11) is 1.56. The maximum absolute atomic E-state index is 9.06. The van der Waals surface area contributed by atoms with Crippen LogP contribution in [0.1, 0.15) is 19.8 Å². The van der Waals surface area contributed by atoms with E-state index in [1.165, 1.54) is 5.57 Å². The van der Waals surface area contributed by atoms with E-state index in [9.17, 15) is 0 Å². The Balaban J connectivity index is 0.000000557. The molecule has 17 heavy (non-hydrogen) atoms. The van der Waals surface area contributed by atoms with Crippen LogP contribution >= 0.6 is 15.9 Å². The highest BCUT2D eigenvalue weighted by molar-refractivity contribution is 9.09. The molecular formula is C13H20BrNO2. The van der Waals surface area contributed by atoms with Crippen molar-refractivity contribution in [3.05, 3.63) is 36.1 Å². The number of alkyl halides is 1. The van der Waals surface area contributed by atoms with Crippen molar-refractivity contribution in [2.75, 3.05) is 13.7 Å². The Morgan fingerprint density at radius 2 is 2.29 bits per heavy atom. The second-order valence-electron chi connectivity index (χ2n) is 3.48. The van der Waals surface area contributed by atoms with Gasteiger partial charge in [0.1, 0.15) is 6.61 Å². The number of hydrogen-bond donors (Lipinski definition) is 1. The van der Waals surface area contributed by atoms with Crippen molar-refractivity contribution in [1.29, 1.82) is 0 Å². The molecule has 0 bridgehead atoms. The normalized spacial score (nSPS) is 15.6. The monoisotopic (exact) mass is 301 g/mol. The largest absolute Gasteiger partial charge is 0.497 e. The first-order valence-electron chi connectivity index (χ1n) is 5.59.